The van der Waals surface area contributed by atoms with Gasteiger partial charge in [-0.2, -0.15) is 5.10 Å². The second-order valence-corrected chi connectivity index (χ2v) is 9.13. The lowest BCUT2D eigenvalue weighted by molar-refractivity contribution is 0.0687. The van der Waals surface area contributed by atoms with E-state index in [1.165, 1.54) is 0 Å². The zero-order valence-corrected chi connectivity index (χ0v) is 17.9. The van der Waals surface area contributed by atoms with Crippen LogP contribution in [0.5, 0.6) is 0 Å². The normalized spacial score (nSPS) is 22.9. The summed E-state index contributed by atoms with van der Waals surface area (Å²) in [6.45, 7) is 9.52. The quantitative estimate of drug-likeness (QED) is 0.777. The van der Waals surface area contributed by atoms with Crippen molar-refractivity contribution < 1.29 is 4.79 Å². The van der Waals surface area contributed by atoms with Gasteiger partial charge < -0.3 is 15.5 Å². The van der Waals surface area contributed by atoms with Crippen LogP contribution in [0.25, 0.3) is 0 Å². The smallest absolute Gasteiger partial charge is 0.274 e. The van der Waals surface area contributed by atoms with Crippen molar-refractivity contribution >= 4 is 23.1 Å². The number of carbonyl (C=O) groups excluding carboxylic acids is 1. The van der Waals surface area contributed by atoms with Crippen molar-refractivity contribution in [2.24, 2.45) is 12.0 Å². The van der Waals surface area contributed by atoms with E-state index in [4.69, 9.17) is 4.99 Å². The Kier molecular flexibility index (Phi) is 4.63. The van der Waals surface area contributed by atoms with E-state index in [1.54, 1.807) is 4.68 Å². The number of anilines is 2. The molecule has 1 aromatic carbocycles. The van der Waals surface area contributed by atoms with Crippen molar-refractivity contribution in [2.75, 3.05) is 23.7 Å². The molecule has 1 spiro atoms. The lowest BCUT2D eigenvalue weighted by Gasteiger charge is -2.47. The maximum absolute atomic E-state index is 13.2. The van der Waals surface area contributed by atoms with Crippen molar-refractivity contribution in [1.29, 1.82) is 0 Å². The van der Waals surface area contributed by atoms with E-state index < -0.39 is 5.54 Å². The van der Waals surface area contributed by atoms with Gasteiger partial charge in [-0.3, -0.25) is 14.5 Å². The Morgan fingerprint density at radius 1 is 1.24 bits per heavy atom. The highest BCUT2D eigenvalue weighted by Gasteiger charge is 2.45. The molecule has 1 unspecified atom stereocenters. The number of hydrogen-bond donors (Lipinski definition) is 2. The Labute approximate surface area is 172 Å². The number of amidine groups is 1. The van der Waals surface area contributed by atoms with Crippen molar-refractivity contribution in [3.8, 4) is 0 Å². The molecule has 1 saturated heterocycles. The van der Waals surface area contributed by atoms with Gasteiger partial charge in [0.2, 0.25) is 0 Å². The lowest BCUT2D eigenvalue weighted by atomic mass is 9.84. The number of nitrogens with one attached hydrogen (secondary N) is 2. The molecule has 0 bridgehead atoms. The molecular weight excluding hydrogens is 364 g/mol. The van der Waals surface area contributed by atoms with Crippen LogP contribution in [0.4, 0.5) is 11.4 Å². The van der Waals surface area contributed by atoms with E-state index >= 15 is 0 Å². The number of rotatable bonds is 1. The molecule has 2 aliphatic rings. The van der Waals surface area contributed by atoms with E-state index in [0.29, 0.717) is 12.2 Å². The standard InChI is InChI=1S/C22H30N6O/c1-15-13-18(26-27(15)5)19(29)28-12-8-11-22(14-28)20(25-21(2,3)4)23-16-9-6-7-10-17(16)24-22/h6-7,9-10,13,24H,8,11-12,14H2,1-5H3,(H,23,25). The molecule has 29 heavy (non-hydrogen) atoms. The molecule has 0 saturated carbocycles. The molecule has 1 amide bonds. The van der Waals surface area contributed by atoms with Crippen molar-refractivity contribution in [3.05, 3.63) is 41.7 Å². The van der Waals surface area contributed by atoms with Gasteiger partial charge in [0, 0.05) is 19.3 Å². The number of piperidine rings is 1. The predicted molar refractivity (Wildman–Crippen MR) is 117 cm³/mol. The maximum atomic E-state index is 13.2. The fourth-order valence-corrected chi connectivity index (χ4v) is 4.09. The van der Waals surface area contributed by atoms with Gasteiger partial charge >= 0.3 is 0 Å². The molecule has 2 aliphatic heterocycles. The molecule has 7 nitrogen and oxygen atoms in total. The second kappa shape index (κ2) is 6.90. The van der Waals surface area contributed by atoms with E-state index in [-0.39, 0.29) is 11.4 Å². The first kappa shape index (κ1) is 19.5. The zero-order valence-electron chi connectivity index (χ0n) is 17.9. The highest BCUT2D eigenvalue weighted by Crippen LogP contribution is 2.37. The van der Waals surface area contributed by atoms with Crippen molar-refractivity contribution in [3.63, 3.8) is 0 Å². The van der Waals surface area contributed by atoms with Crippen LogP contribution in [-0.2, 0) is 7.05 Å². The number of para-hydroxylation sites is 2. The summed E-state index contributed by atoms with van der Waals surface area (Å²) >= 11 is 0. The van der Waals surface area contributed by atoms with Crippen LogP contribution in [0, 0.1) is 6.92 Å². The highest BCUT2D eigenvalue weighted by atomic mass is 16.2. The molecule has 3 heterocycles. The number of likely N-dealkylation sites (tertiary alicyclic amines) is 1. The third-order valence-corrected chi connectivity index (χ3v) is 5.57. The number of fused-ring (bicyclic) bond motifs is 1. The summed E-state index contributed by atoms with van der Waals surface area (Å²) in [7, 11) is 1.86. The number of aromatic nitrogens is 2. The molecule has 154 valence electrons. The Morgan fingerprint density at radius 2 is 1.97 bits per heavy atom. The summed E-state index contributed by atoms with van der Waals surface area (Å²) in [5.41, 5.74) is 2.88. The molecular formula is C22H30N6O. The Hall–Kier alpha value is -2.83. The average Bonchev–Trinajstić information content (AvgIpc) is 2.99. The van der Waals surface area contributed by atoms with Gasteiger partial charge in [-0.25, -0.2) is 0 Å². The van der Waals surface area contributed by atoms with Gasteiger partial charge in [-0.05, 0) is 58.7 Å². The van der Waals surface area contributed by atoms with Crippen LogP contribution in [0.1, 0.15) is 49.8 Å². The summed E-state index contributed by atoms with van der Waals surface area (Å²) in [6.07, 6.45) is 1.81. The SMILES string of the molecule is Cc1cc(C(=O)N2CCCC3(C2)Nc2ccccc2NC3=NC(C)(C)C)nn1C. The number of benzene rings is 1. The number of aryl methyl sites for hydroxylation is 2. The van der Waals surface area contributed by atoms with Crippen LogP contribution in [0.3, 0.4) is 0 Å². The number of aliphatic imine (C=N–C) groups is 1. The topological polar surface area (TPSA) is 74.6 Å². The summed E-state index contributed by atoms with van der Waals surface area (Å²) in [5, 5.41) is 11.7. The first-order valence-electron chi connectivity index (χ1n) is 10.2. The summed E-state index contributed by atoms with van der Waals surface area (Å²) < 4.78 is 1.75. The molecule has 1 aromatic heterocycles. The second-order valence-electron chi connectivity index (χ2n) is 9.13. The monoisotopic (exact) mass is 394 g/mol. The molecule has 4 rings (SSSR count). The largest absolute Gasteiger partial charge is 0.370 e. The lowest BCUT2D eigenvalue weighted by Crippen LogP contribution is -2.63. The molecule has 1 fully saturated rings. The molecule has 1 atom stereocenters. The molecule has 2 N–H and O–H groups in total. The zero-order chi connectivity index (χ0) is 20.8. The number of nitrogens with zero attached hydrogens (tertiary/aromatic N) is 4. The third-order valence-electron chi connectivity index (χ3n) is 5.57. The van der Waals surface area contributed by atoms with Gasteiger partial charge in [-0.1, -0.05) is 12.1 Å². The fourth-order valence-electron chi connectivity index (χ4n) is 4.09. The number of hydrogen-bond acceptors (Lipinski definition) is 4. The Bertz CT molecular complexity index is 950. The van der Waals surface area contributed by atoms with Crippen molar-refractivity contribution in [2.45, 2.75) is 51.6 Å². The van der Waals surface area contributed by atoms with Gasteiger partial charge in [0.05, 0.1) is 23.5 Å². The van der Waals surface area contributed by atoms with Crippen LogP contribution in [0.2, 0.25) is 0 Å². The van der Waals surface area contributed by atoms with E-state index in [9.17, 15) is 4.79 Å². The summed E-state index contributed by atoms with van der Waals surface area (Å²) in [6, 6.07) is 10.0. The first-order chi connectivity index (χ1) is 13.7. The fraction of sp³-hybridized carbons (Fsp3) is 0.500. The van der Waals surface area contributed by atoms with Crippen molar-refractivity contribution in [1.82, 2.24) is 14.7 Å². The molecule has 0 radical (unpaired) electrons. The summed E-state index contributed by atoms with van der Waals surface area (Å²) in [5.74, 6) is 0.877. The predicted octanol–water partition coefficient (Wildman–Crippen LogP) is 3.44. The van der Waals surface area contributed by atoms with Crippen LogP contribution in [0.15, 0.2) is 35.3 Å². The number of carbonyl (C=O) groups is 1. The minimum atomic E-state index is -0.431. The first-order valence-corrected chi connectivity index (χ1v) is 10.2. The molecule has 7 heteroatoms. The third kappa shape index (κ3) is 3.73. The van der Waals surface area contributed by atoms with Gasteiger partial charge in [0.15, 0.2) is 5.69 Å². The molecule has 0 aliphatic carbocycles. The van der Waals surface area contributed by atoms with E-state index in [0.717, 1.165) is 42.3 Å². The van der Waals surface area contributed by atoms with Crippen LogP contribution >= 0.6 is 0 Å². The maximum Gasteiger partial charge on any atom is 0.274 e. The van der Waals surface area contributed by atoms with Gasteiger partial charge in [0.25, 0.3) is 5.91 Å². The minimum Gasteiger partial charge on any atom is -0.370 e. The number of amides is 1. The van der Waals surface area contributed by atoms with Crippen LogP contribution < -0.4 is 10.6 Å². The Morgan fingerprint density at radius 3 is 2.62 bits per heavy atom. The van der Waals surface area contributed by atoms with E-state index in [1.807, 2.05) is 37.1 Å². The highest BCUT2D eigenvalue weighted by molar-refractivity contribution is 6.10. The Balaban J connectivity index is 1.70. The summed E-state index contributed by atoms with van der Waals surface area (Å²) in [4.78, 5) is 20.1. The molecule has 2 aromatic rings. The van der Waals surface area contributed by atoms with Gasteiger partial charge in [0.1, 0.15) is 11.4 Å². The minimum absolute atomic E-state index is 0.0245. The average molecular weight is 395 g/mol. The van der Waals surface area contributed by atoms with Crippen LogP contribution in [-0.4, -0.2) is 50.6 Å². The van der Waals surface area contributed by atoms with E-state index in [2.05, 4.69) is 48.6 Å². The van der Waals surface area contributed by atoms with Gasteiger partial charge in [-0.15, -0.1) is 0 Å².